The highest BCUT2D eigenvalue weighted by molar-refractivity contribution is 5.84. The van der Waals surface area contributed by atoms with Gasteiger partial charge in [0, 0.05) is 0 Å². The first-order chi connectivity index (χ1) is 35.8. The van der Waals surface area contributed by atoms with Gasteiger partial charge in [0.15, 0.2) is 18.9 Å². The standard InChI is InChI=1S/C56H83FN4O15/c1-28-39(63)42(66)44(68)47(72-28)76-46-41(65)35(74-48-45(69)43(67)40(64)34(26-62)73-48)27-71-49(46)75-38-16-17-53(6)36(52(38,4)5)15-18-55(8)37(53)14-13-32-33-23-51(2,3)19-21-56(33,22-20-54(32,55)7)50(70)58-24-30-25-61(60-59-30)31-11-9-29(57)10-12-31/h9-13,25,28,33-49,62-69H,14-24,26-27H2,1-8H3,(H,58,70)/t28-,33-,34+,35-,36-,37+,38-,39-,40+,41-,42+,43-,44+,45+,46+,47-,48-,49-,53-,54+,55+,56-/m0/s1. The van der Waals surface area contributed by atoms with Crippen molar-refractivity contribution in [1.82, 2.24) is 20.3 Å². The summed E-state index contributed by atoms with van der Waals surface area (Å²) in [6.07, 6.45) is -8.26. The van der Waals surface area contributed by atoms with Crippen LogP contribution in [0.4, 0.5) is 4.39 Å². The lowest BCUT2D eigenvalue weighted by Crippen LogP contribution is -2.66. The Bertz CT molecular complexity index is 2440. The number of fused-ring (bicyclic) bond motifs is 7. The number of aromatic nitrogens is 3. The average Bonchev–Trinajstić information content (AvgIpc) is 4.00. The lowest BCUT2D eigenvalue weighted by molar-refractivity contribution is -0.380. The highest BCUT2D eigenvalue weighted by atomic mass is 19.1. The van der Waals surface area contributed by atoms with Crippen LogP contribution in [0.1, 0.15) is 125 Å². The number of nitrogens with one attached hydrogen (secondary N) is 1. The highest BCUT2D eigenvalue weighted by Crippen LogP contribution is 2.76. The Morgan fingerprint density at radius 1 is 0.776 bits per heavy atom. The first kappa shape index (κ1) is 56.2. The third kappa shape index (κ3) is 9.32. The summed E-state index contributed by atoms with van der Waals surface area (Å²) in [5, 5.41) is 97.7. The number of allylic oxidation sites excluding steroid dienone is 2. The second kappa shape index (κ2) is 20.5. The summed E-state index contributed by atoms with van der Waals surface area (Å²) < 4.78 is 52.2. The van der Waals surface area contributed by atoms with E-state index in [0.29, 0.717) is 23.7 Å². The van der Waals surface area contributed by atoms with Gasteiger partial charge in [-0.05, 0) is 140 Å². The van der Waals surface area contributed by atoms with E-state index >= 15 is 0 Å². The number of aliphatic hydroxyl groups excluding tert-OH is 8. The van der Waals surface area contributed by atoms with Gasteiger partial charge in [-0.3, -0.25) is 4.79 Å². The summed E-state index contributed by atoms with van der Waals surface area (Å²) >= 11 is 0. The van der Waals surface area contributed by atoms with Gasteiger partial charge >= 0.3 is 0 Å². The van der Waals surface area contributed by atoms with Crippen molar-refractivity contribution in [3.8, 4) is 5.69 Å². The summed E-state index contributed by atoms with van der Waals surface area (Å²) in [6.45, 7) is 17.4. The molecule has 8 aliphatic rings. The normalized spacial score (nSPS) is 46.8. The number of hydrogen-bond donors (Lipinski definition) is 9. The number of benzene rings is 1. The Morgan fingerprint density at radius 3 is 2.17 bits per heavy atom. The van der Waals surface area contributed by atoms with Gasteiger partial charge in [-0.2, -0.15) is 0 Å². The fourth-order valence-electron chi connectivity index (χ4n) is 16.2. The van der Waals surface area contributed by atoms with E-state index < -0.39 is 110 Å². The number of amides is 1. The van der Waals surface area contributed by atoms with Crippen LogP contribution in [0.2, 0.25) is 0 Å². The number of nitrogens with zero attached hydrogens (tertiary/aromatic N) is 3. The topological polar surface area (TPSA) is 277 Å². The van der Waals surface area contributed by atoms with Gasteiger partial charge in [0.05, 0.1) is 49.3 Å². The first-order valence-electron chi connectivity index (χ1n) is 27.7. The zero-order valence-electron chi connectivity index (χ0n) is 45.2. The van der Waals surface area contributed by atoms with Crippen LogP contribution in [0.5, 0.6) is 0 Å². The van der Waals surface area contributed by atoms with Gasteiger partial charge in [-0.25, -0.2) is 9.07 Å². The molecule has 7 fully saturated rings. The molecule has 2 aromatic rings. The number of carbonyl (C=O) groups excluding carboxylic acids is 1. The number of carbonyl (C=O) groups is 1. The molecule has 0 radical (unpaired) electrons. The van der Waals surface area contributed by atoms with Crippen LogP contribution in [0.3, 0.4) is 0 Å². The second-order valence-corrected chi connectivity index (χ2v) is 26.0. The highest BCUT2D eigenvalue weighted by Gasteiger charge is 2.70. The molecule has 1 aromatic heterocycles. The molecule has 3 saturated heterocycles. The van der Waals surface area contributed by atoms with Crippen LogP contribution in [-0.2, 0) is 39.8 Å². The van der Waals surface area contributed by atoms with E-state index in [4.69, 9.17) is 28.4 Å². The molecule has 3 aliphatic heterocycles. The van der Waals surface area contributed by atoms with Crippen LogP contribution in [-0.4, -0.2) is 167 Å². The van der Waals surface area contributed by atoms with Crippen molar-refractivity contribution in [2.75, 3.05) is 13.2 Å². The molecule has 1 amide bonds. The van der Waals surface area contributed by atoms with Gasteiger partial charge in [0.1, 0.15) is 72.6 Å². The third-order valence-electron chi connectivity index (χ3n) is 21.1. The van der Waals surface area contributed by atoms with Gasteiger partial charge in [0.2, 0.25) is 5.91 Å². The van der Waals surface area contributed by atoms with Crippen LogP contribution >= 0.6 is 0 Å². The molecule has 5 aliphatic carbocycles. The number of ether oxygens (including phenoxy) is 6. The molecule has 10 rings (SSSR count). The molecule has 9 N–H and O–H groups in total. The number of halogens is 1. The lowest BCUT2D eigenvalue weighted by Gasteiger charge is -2.71. The predicted molar refractivity (Wildman–Crippen MR) is 269 cm³/mol. The maximum Gasteiger partial charge on any atom is 0.227 e. The van der Waals surface area contributed by atoms with Crippen molar-refractivity contribution < 1.29 is 78.5 Å². The molecule has 19 nitrogen and oxygen atoms in total. The molecule has 0 bridgehead atoms. The largest absolute Gasteiger partial charge is 0.394 e. The fourth-order valence-corrected chi connectivity index (χ4v) is 16.2. The monoisotopic (exact) mass is 1070 g/mol. The Labute approximate surface area is 444 Å². The van der Waals surface area contributed by atoms with Crippen molar-refractivity contribution in [3.63, 3.8) is 0 Å². The van der Waals surface area contributed by atoms with Gasteiger partial charge in [-0.15, -0.1) is 5.10 Å². The van der Waals surface area contributed by atoms with Crippen molar-refractivity contribution >= 4 is 5.91 Å². The predicted octanol–water partition coefficient (Wildman–Crippen LogP) is 3.32. The zero-order chi connectivity index (χ0) is 54.7. The molecule has 0 unspecified atom stereocenters. The van der Waals surface area contributed by atoms with E-state index in [1.807, 2.05) is 0 Å². The van der Waals surface area contributed by atoms with E-state index in [2.05, 4.69) is 70.2 Å². The molecule has 20 heteroatoms. The van der Waals surface area contributed by atoms with Gasteiger partial charge in [-0.1, -0.05) is 65.3 Å². The van der Waals surface area contributed by atoms with Crippen LogP contribution in [0.15, 0.2) is 42.1 Å². The van der Waals surface area contributed by atoms with E-state index in [1.54, 1.807) is 23.0 Å². The van der Waals surface area contributed by atoms with E-state index in [-0.39, 0.29) is 58.4 Å². The molecule has 0 spiro atoms. The summed E-state index contributed by atoms with van der Waals surface area (Å²) in [5.74, 6) is 0.344. The van der Waals surface area contributed by atoms with Gasteiger partial charge in [0.25, 0.3) is 0 Å². The van der Waals surface area contributed by atoms with Crippen molar-refractivity contribution in [2.24, 2.45) is 50.2 Å². The molecular weight excluding hydrogens is 988 g/mol. The minimum Gasteiger partial charge on any atom is -0.394 e. The lowest BCUT2D eigenvalue weighted by atomic mass is 9.33. The van der Waals surface area contributed by atoms with Crippen LogP contribution in [0, 0.1) is 56.1 Å². The summed E-state index contributed by atoms with van der Waals surface area (Å²) in [4.78, 5) is 14.9. The SMILES string of the molecule is C[C@@H]1O[C@@H](O[C@H]2[C@H](O[C@H]3CC[C@]4(C)[C@H]5CC=C6[C@@H]7CC(C)(C)CC[C@]7(C(=O)NCc7cn(-c8ccc(F)cc8)nn7)CC[C@@]6(C)[C@]5(C)CC[C@H]4C3(C)C)OC[C@H](O[C@@H]3O[C@H](CO)[C@@H](O)[C@H](O)[C@H]3O)[C@@H]2O)[C@H](O)[C@H](O)[C@H]1O. The zero-order valence-corrected chi connectivity index (χ0v) is 45.2. The third-order valence-corrected chi connectivity index (χ3v) is 21.1. The maximum absolute atomic E-state index is 14.9. The molecule has 76 heavy (non-hydrogen) atoms. The Hall–Kier alpha value is -3.06. The van der Waals surface area contributed by atoms with Crippen molar-refractivity contribution in [3.05, 3.63) is 53.6 Å². The summed E-state index contributed by atoms with van der Waals surface area (Å²) in [5.41, 5.74) is 1.48. The number of rotatable bonds is 11. The minimum absolute atomic E-state index is 0.0565. The minimum atomic E-state index is -1.76. The van der Waals surface area contributed by atoms with Crippen LogP contribution < -0.4 is 5.32 Å². The smallest absolute Gasteiger partial charge is 0.227 e. The number of aliphatic hydroxyl groups is 8. The summed E-state index contributed by atoms with van der Waals surface area (Å²) in [6, 6.07) is 6.03. The van der Waals surface area contributed by atoms with Crippen LogP contribution in [0.25, 0.3) is 5.69 Å². The molecule has 4 heterocycles. The summed E-state index contributed by atoms with van der Waals surface area (Å²) in [7, 11) is 0. The average molecular weight is 1070 g/mol. The van der Waals surface area contributed by atoms with Gasteiger partial charge < -0.3 is 74.6 Å². The van der Waals surface area contributed by atoms with Crippen molar-refractivity contribution in [1.29, 1.82) is 0 Å². The van der Waals surface area contributed by atoms with E-state index in [1.165, 1.54) is 24.6 Å². The second-order valence-electron chi connectivity index (χ2n) is 26.0. The molecule has 4 saturated carbocycles. The molecule has 22 atom stereocenters. The van der Waals surface area contributed by atoms with E-state index in [0.717, 1.165) is 57.8 Å². The first-order valence-corrected chi connectivity index (χ1v) is 27.7. The number of hydrogen-bond acceptors (Lipinski definition) is 17. The fraction of sp³-hybridized carbons (Fsp3) is 0.804. The van der Waals surface area contributed by atoms with E-state index in [9.17, 15) is 50.0 Å². The quantitative estimate of drug-likeness (QED) is 0.115. The molecular formula is C56H83FN4O15. The Balaban J connectivity index is 0.871. The Morgan fingerprint density at radius 2 is 1.46 bits per heavy atom. The van der Waals surface area contributed by atoms with Crippen molar-refractivity contribution in [2.45, 2.75) is 218 Å². The molecule has 1 aromatic carbocycles. The maximum atomic E-state index is 14.9. The Kier molecular flexibility index (Phi) is 15.2. The molecule has 424 valence electrons.